The largest absolute Gasteiger partial charge is 0.443 e. The quantitative estimate of drug-likeness (QED) is 0.0956. The maximum atomic E-state index is 11.9. The normalized spacial score (nSPS) is 19.1. The number of carbonyl (C=O) groups is 2. The number of esters is 2. The van der Waals surface area contributed by atoms with Gasteiger partial charge in [0.05, 0.1) is 35.6 Å². The van der Waals surface area contributed by atoms with Crippen molar-refractivity contribution in [1.82, 2.24) is 0 Å². The minimum Gasteiger partial charge on any atom is -0.443 e. The number of hydrogen-bond donors (Lipinski definition) is 0. The number of ether oxygens (including phenoxy) is 4. The molecule has 2 aliphatic rings. The zero-order chi connectivity index (χ0) is 28.8. The molecule has 12 heteroatoms. The number of thioether (sulfide) groups is 6. The molecule has 40 heavy (non-hydrogen) atoms. The van der Waals surface area contributed by atoms with Gasteiger partial charge in [-0.2, -0.15) is 0 Å². The topological polar surface area (TPSA) is 71.1 Å². The van der Waals surface area contributed by atoms with Gasteiger partial charge in [0.2, 0.25) is 0 Å². The summed E-state index contributed by atoms with van der Waals surface area (Å²) in [4.78, 5) is 22.3. The summed E-state index contributed by atoms with van der Waals surface area (Å²) in [7, 11) is 0. The highest BCUT2D eigenvalue weighted by atomic mass is 32.2. The van der Waals surface area contributed by atoms with Crippen LogP contribution >= 0.6 is 70.6 Å². The molecule has 222 valence electrons. The van der Waals surface area contributed by atoms with E-state index in [0.717, 1.165) is 45.6 Å². The van der Waals surface area contributed by atoms with Crippen LogP contribution in [-0.4, -0.2) is 78.7 Å². The second kappa shape index (κ2) is 17.7. The van der Waals surface area contributed by atoms with E-state index >= 15 is 0 Å². The van der Waals surface area contributed by atoms with Crippen LogP contribution in [0.1, 0.15) is 25.0 Å². The molecular formula is C28H38O6S6. The van der Waals surface area contributed by atoms with E-state index in [9.17, 15) is 9.59 Å². The first-order valence-corrected chi connectivity index (χ1v) is 19.1. The Labute approximate surface area is 264 Å². The summed E-state index contributed by atoms with van der Waals surface area (Å²) in [6, 6.07) is 8.02. The van der Waals surface area contributed by atoms with E-state index in [1.165, 1.54) is 12.2 Å². The van der Waals surface area contributed by atoms with E-state index in [1.807, 2.05) is 85.2 Å². The molecule has 0 saturated carbocycles. The number of hydrogen-bond acceptors (Lipinski definition) is 12. The van der Waals surface area contributed by atoms with Crippen LogP contribution in [0.2, 0.25) is 0 Å². The Hall–Kier alpha value is -0.340. The van der Waals surface area contributed by atoms with Crippen molar-refractivity contribution in [2.75, 3.05) is 47.7 Å². The predicted octanol–water partition coefficient (Wildman–Crippen LogP) is 6.69. The minimum absolute atomic E-state index is 0.279. The van der Waals surface area contributed by atoms with Gasteiger partial charge in [0.15, 0.2) is 9.87 Å². The molecule has 2 saturated heterocycles. The van der Waals surface area contributed by atoms with E-state index in [1.54, 1.807) is 23.5 Å². The van der Waals surface area contributed by atoms with E-state index in [2.05, 4.69) is 13.2 Å². The van der Waals surface area contributed by atoms with Gasteiger partial charge in [0, 0.05) is 46.7 Å². The van der Waals surface area contributed by atoms with E-state index in [4.69, 9.17) is 18.9 Å². The highest BCUT2D eigenvalue weighted by Crippen LogP contribution is 2.39. The van der Waals surface area contributed by atoms with Crippen molar-refractivity contribution < 1.29 is 28.5 Å². The number of carbonyl (C=O) groups excluding carboxylic acids is 2. The fourth-order valence-corrected chi connectivity index (χ4v) is 12.1. The number of rotatable bonds is 18. The lowest BCUT2D eigenvalue weighted by molar-refractivity contribution is -0.149. The fourth-order valence-electron chi connectivity index (χ4n) is 3.65. The zero-order valence-corrected chi connectivity index (χ0v) is 27.9. The Morgan fingerprint density at radius 3 is 1.45 bits per heavy atom. The second-order valence-corrected chi connectivity index (χ2v) is 18.1. The molecule has 6 nitrogen and oxygen atoms in total. The van der Waals surface area contributed by atoms with Crippen LogP contribution in [0.4, 0.5) is 0 Å². The molecule has 2 fully saturated rings. The van der Waals surface area contributed by atoms with Gasteiger partial charge in [-0.25, -0.2) is 9.59 Å². The average Bonchev–Trinajstić information content (AvgIpc) is 3.66. The molecule has 2 unspecified atom stereocenters. The van der Waals surface area contributed by atoms with Crippen LogP contribution < -0.4 is 0 Å². The van der Waals surface area contributed by atoms with Crippen LogP contribution in [0.3, 0.4) is 0 Å². The lowest BCUT2D eigenvalue weighted by Crippen LogP contribution is -2.34. The van der Waals surface area contributed by atoms with Crippen molar-refractivity contribution in [2.45, 2.75) is 46.1 Å². The Morgan fingerprint density at radius 1 is 0.775 bits per heavy atom. The third kappa shape index (κ3) is 12.5. The Bertz CT molecular complexity index is 890. The van der Waals surface area contributed by atoms with Gasteiger partial charge in [-0.3, -0.25) is 0 Å². The van der Waals surface area contributed by atoms with E-state index in [0.29, 0.717) is 22.4 Å². The van der Waals surface area contributed by atoms with Gasteiger partial charge in [0.25, 0.3) is 0 Å². The molecule has 0 aliphatic carbocycles. The maximum absolute atomic E-state index is 11.9. The zero-order valence-electron chi connectivity index (χ0n) is 23.0. The molecule has 0 N–H and O–H groups in total. The van der Waals surface area contributed by atoms with Gasteiger partial charge < -0.3 is 18.9 Å². The van der Waals surface area contributed by atoms with Crippen LogP contribution in [0.5, 0.6) is 0 Å². The van der Waals surface area contributed by atoms with Crippen molar-refractivity contribution in [2.24, 2.45) is 0 Å². The van der Waals surface area contributed by atoms with Crippen LogP contribution in [0, 0.1) is 0 Å². The van der Waals surface area contributed by atoms with Gasteiger partial charge in [-0.05, 0) is 25.0 Å². The monoisotopic (exact) mass is 662 g/mol. The van der Waals surface area contributed by atoms with Crippen molar-refractivity contribution in [3.8, 4) is 0 Å². The third-order valence-electron chi connectivity index (χ3n) is 5.69. The minimum atomic E-state index is -0.780. The molecule has 2 atom stereocenters. The van der Waals surface area contributed by atoms with Crippen LogP contribution in [0.25, 0.3) is 0 Å². The van der Waals surface area contributed by atoms with Crippen molar-refractivity contribution >= 4 is 82.5 Å². The molecular weight excluding hydrogens is 625 g/mol. The molecule has 2 heterocycles. The van der Waals surface area contributed by atoms with Gasteiger partial charge in [-0.15, -0.1) is 70.6 Å². The molecule has 1 aromatic carbocycles. The molecule has 1 aromatic rings. The summed E-state index contributed by atoms with van der Waals surface area (Å²) in [5.74, 6) is 5.54. The summed E-state index contributed by atoms with van der Waals surface area (Å²) in [6.45, 7) is 12.2. The first-order chi connectivity index (χ1) is 19.2. The standard InChI is InChI=1S/C28H38O6S6/c1-5-23(29)33-27(3,39-17-25-35-11-12-36-25)19-31-15-21-7-9-22(10-8-21)16-32-20-28(4,34-24(30)6-2)40-18-26-37-13-14-38-26/h5-10,25-26H,1-2,11-20H2,3-4H3. The Morgan fingerprint density at radius 2 is 1.12 bits per heavy atom. The molecule has 3 rings (SSSR count). The van der Waals surface area contributed by atoms with Crippen molar-refractivity contribution in [3.05, 3.63) is 60.7 Å². The smallest absolute Gasteiger partial charge is 0.331 e. The lowest BCUT2D eigenvalue weighted by atomic mass is 10.1. The van der Waals surface area contributed by atoms with Crippen LogP contribution in [-0.2, 0) is 41.8 Å². The molecule has 0 radical (unpaired) electrons. The molecule has 0 bridgehead atoms. The Kier molecular flexibility index (Phi) is 15.1. The van der Waals surface area contributed by atoms with Crippen LogP contribution in [0.15, 0.2) is 49.6 Å². The summed E-state index contributed by atoms with van der Waals surface area (Å²) in [5.41, 5.74) is 2.03. The second-order valence-electron chi connectivity index (χ2n) is 9.28. The lowest BCUT2D eigenvalue weighted by Gasteiger charge is -2.29. The molecule has 0 amide bonds. The van der Waals surface area contributed by atoms with E-state index in [-0.39, 0.29) is 13.2 Å². The number of benzene rings is 1. The highest BCUT2D eigenvalue weighted by molar-refractivity contribution is 8.21. The summed E-state index contributed by atoms with van der Waals surface area (Å²) >= 11 is 11.0. The fraction of sp³-hybridized carbons (Fsp3) is 0.571. The first-order valence-electron chi connectivity index (χ1n) is 12.9. The van der Waals surface area contributed by atoms with E-state index < -0.39 is 21.8 Å². The molecule has 0 spiro atoms. The molecule has 0 aromatic heterocycles. The molecule has 2 aliphatic heterocycles. The van der Waals surface area contributed by atoms with Gasteiger partial charge >= 0.3 is 11.9 Å². The van der Waals surface area contributed by atoms with Crippen molar-refractivity contribution in [3.63, 3.8) is 0 Å². The summed E-state index contributed by atoms with van der Waals surface area (Å²) in [5, 5.41) is 0. The summed E-state index contributed by atoms with van der Waals surface area (Å²) < 4.78 is 24.3. The predicted molar refractivity (Wildman–Crippen MR) is 177 cm³/mol. The average molecular weight is 663 g/mol. The SMILES string of the molecule is C=CC(=O)OC(C)(COCc1ccc(COCC(C)(OC(=O)C=C)SCC2SCCS2)cc1)SCC1SCCS1. The Balaban J connectivity index is 1.45. The van der Waals surface area contributed by atoms with Crippen molar-refractivity contribution in [1.29, 1.82) is 0 Å². The first kappa shape index (κ1) is 34.2. The summed E-state index contributed by atoms with van der Waals surface area (Å²) in [6.07, 6.45) is 2.38. The highest BCUT2D eigenvalue weighted by Gasteiger charge is 2.33. The van der Waals surface area contributed by atoms with Gasteiger partial charge in [-0.1, -0.05) is 37.4 Å². The van der Waals surface area contributed by atoms with Gasteiger partial charge in [0.1, 0.15) is 0 Å². The third-order valence-corrected chi connectivity index (χ3v) is 15.2. The maximum Gasteiger partial charge on any atom is 0.331 e.